The molecule has 1 rings (SSSR count). The molecule has 1 aliphatic heterocycles. The van der Waals surface area contributed by atoms with Crippen LogP contribution in [0.3, 0.4) is 0 Å². The Bertz CT molecular complexity index is 305. The molecule has 0 radical (unpaired) electrons. The first-order valence-corrected chi connectivity index (χ1v) is 4.35. The highest BCUT2D eigenvalue weighted by Crippen LogP contribution is 2.22. The van der Waals surface area contributed by atoms with Gasteiger partial charge in [0.2, 0.25) is 0 Å². The first-order valence-electron chi connectivity index (χ1n) is 4.35. The van der Waals surface area contributed by atoms with Crippen LogP contribution in [0.1, 0.15) is 20.3 Å². The lowest BCUT2D eigenvalue weighted by molar-refractivity contribution is -0.136. The van der Waals surface area contributed by atoms with Gasteiger partial charge in [0.1, 0.15) is 5.60 Å². The molecule has 0 amide bonds. The van der Waals surface area contributed by atoms with E-state index >= 15 is 0 Å². The molecule has 1 aliphatic rings. The Balaban J connectivity index is 2.62. The van der Waals surface area contributed by atoms with Crippen LogP contribution in [0.25, 0.3) is 0 Å². The van der Waals surface area contributed by atoms with Gasteiger partial charge in [-0.3, -0.25) is 9.79 Å². The second kappa shape index (κ2) is 3.69. The van der Waals surface area contributed by atoms with E-state index in [4.69, 9.17) is 15.6 Å². The van der Waals surface area contributed by atoms with E-state index in [1.807, 2.05) is 13.8 Å². The van der Waals surface area contributed by atoms with Crippen molar-refractivity contribution >= 4 is 11.7 Å². The zero-order chi connectivity index (χ0) is 10.8. The minimum absolute atomic E-state index is 0.0212. The molecule has 0 aromatic rings. The summed E-state index contributed by atoms with van der Waals surface area (Å²) in [6.07, 6.45) is 1.65. The highest BCUT2D eigenvalue weighted by atomic mass is 16.5. The molecule has 5 nitrogen and oxygen atoms in total. The lowest BCUT2D eigenvalue weighted by Gasteiger charge is -2.19. The zero-order valence-electron chi connectivity index (χ0n) is 8.28. The van der Waals surface area contributed by atoms with Crippen molar-refractivity contribution in [1.82, 2.24) is 0 Å². The largest absolute Gasteiger partial charge is 0.481 e. The quantitative estimate of drug-likeness (QED) is 0.692. The van der Waals surface area contributed by atoms with Gasteiger partial charge in [-0.25, -0.2) is 0 Å². The minimum Gasteiger partial charge on any atom is -0.481 e. The van der Waals surface area contributed by atoms with Gasteiger partial charge in [-0.1, -0.05) is 0 Å². The molecular weight excluding hydrogens is 184 g/mol. The SMILES string of the molecule is CC1(C)OC(N)=CC1=NCCC(=O)O. The molecule has 0 spiro atoms. The summed E-state index contributed by atoms with van der Waals surface area (Å²) >= 11 is 0. The normalized spacial score (nSPS) is 21.9. The Morgan fingerprint density at radius 3 is 2.79 bits per heavy atom. The molecule has 0 bridgehead atoms. The third kappa shape index (κ3) is 2.48. The molecule has 3 N–H and O–H groups in total. The van der Waals surface area contributed by atoms with Gasteiger partial charge >= 0.3 is 5.97 Å². The number of nitrogens with zero attached hydrogens (tertiary/aromatic N) is 1. The van der Waals surface area contributed by atoms with Gasteiger partial charge < -0.3 is 15.6 Å². The summed E-state index contributed by atoms with van der Waals surface area (Å²) in [5.74, 6) is -0.535. The smallest absolute Gasteiger partial charge is 0.305 e. The molecule has 0 unspecified atom stereocenters. The lowest BCUT2D eigenvalue weighted by atomic mass is 10.0. The van der Waals surface area contributed by atoms with Crippen LogP contribution in [-0.4, -0.2) is 28.9 Å². The number of hydrogen-bond donors (Lipinski definition) is 2. The topological polar surface area (TPSA) is 84.9 Å². The number of carboxylic acids is 1. The van der Waals surface area contributed by atoms with Crippen LogP contribution in [0.2, 0.25) is 0 Å². The molecule has 14 heavy (non-hydrogen) atoms. The van der Waals surface area contributed by atoms with Crippen molar-refractivity contribution < 1.29 is 14.6 Å². The second-order valence-corrected chi connectivity index (χ2v) is 3.57. The van der Waals surface area contributed by atoms with Crippen LogP contribution in [0.15, 0.2) is 17.0 Å². The van der Waals surface area contributed by atoms with Crippen molar-refractivity contribution in [2.75, 3.05) is 6.54 Å². The average Bonchev–Trinajstić information content (AvgIpc) is 2.24. The van der Waals surface area contributed by atoms with Crippen molar-refractivity contribution in [3.63, 3.8) is 0 Å². The lowest BCUT2D eigenvalue weighted by Crippen LogP contribution is -2.29. The Morgan fingerprint density at radius 1 is 1.71 bits per heavy atom. The van der Waals surface area contributed by atoms with Crippen LogP contribution in [0, 0.1) is 0 Å². The van der Waals surface area contributed by atoms with Gasteiger partial charge in [0.15, 0.2) is 5.88 Å². The van der Waals surface area contributed by atoms with Crippen LogP contribution in [0.5, 0.6) is 0 Å². The number of carboxylic acid groups (broad SMARTS) is 1. The number of nitrogens with two attached hydrogens (primary N) is 1. The first kappa shape index (κ1) is 10.6. The summed E-state index contributed by atoms with van der Waals surface area (Å²) in [6, 6.07) is 0. The molecule has 78 valence electrons. The number of aliphatic carboxylic acids is 1. The van der Waals surface area contributed by atoms with E-state index in [-0.39, 0.29) is 13.0 Å². The summed E-state index contributed by atoms with van der Waals surface area (Å²) in [5.41, 5.74) is 5.63. The second-order valence-electron chi connectivity index (χ2n) is 3.57. The van der Waals surface area contributed by atoms with Crippen molar-refractivity contribution in [1.29, 1.82) is 0 Å². The minimum atomic E-state index is -0.858. The van der Waals surface area contributed by atoms with Gasteiger partial charge in [-0.05, 0) is 13.8 Å². The Hall–Kier alpha value is -1.52. The first-order chi connectivity index (χ1) is 6.42. The van der Waals surface area contributed by atoms with E-state index in [1.54, 1.807) is 6.08 Å². The molecular formula is C9H14N2O3. The van der Waals surface area contributed by atoms with Crippen molar-refractivity contribution in [3.8, 4) is 0 Å². The number of rotatable bonds is 3. The van der Waals surface area contributed by atoms with E-state index in [0.717, 1.165) is 0 Å². The number of hydrogen-bond acceptors (Lipinski definition) is 4. The fourth-order valence-electron chi connectivity index (χ4n) is 1.19. The Kier molecular flexibility index (Phi) is 2.78. The molecule has 0 atom stereocenters. The van der Waals surface area contributed by atoms with Crippen molar-refractivity contribution in [2.24, 2.45) is 10.7 Å². The molecule has 0 aromatic heterocycles. The molecule has 0 fully saturated rings. The molecule has 0 saturated heterocycles. The summed E-state index contributed by atoms with van der Waals surface area (Å²) in [4.78, 5) is 14.4. The standard InChI is InChI=1S/C9H14N2O3/c1-9(2)6(5-7(10)14-9)11-4-3-8(12)13/h5H,3-4,10H2,1-2H3,(H,12,13). The van der Waals surface area contributed by atoms with Crippen LogP contribution in [-0.2, 0) is 9.53 Å². The van der Waals surface area contributed by atoms with Gasteiger partial charge in [0.05, 0.1) is 12.1 Å². The van der Waals surface area contributed by atoms with Gasteiger partial charge in [0.25, 0.3) is 0 Å². The summed E-state index contributed by atoms with van der Waals surface area (Å²) in [7, 11) is 0. The monoisotopic (exact) mass is 198 g/mol. The third-order valence-corrected chi connectivity index (χ3v) is 1.88. The van der Waals surface area contributed by atoms with Crippen LogP contribution in [0.4, 0.5) is 0 Å². The highest BCUT2D eigenvalue weighted by molar-refractivity contribution is 6.03. The number of carbonyl (C=O) groups is 1. The van der Waals surface area contributed by atoms with Crippen molar-refractivity contribution in [3.05, 3.63) is 12.0 Å². The Labute approximate surface area is 82.3 Å². The molecule has 1 heterocycles. The molecule has 5 heteroatoms. The van der Waals surface area contributed by atoms with Gasteiger partial charge in [-0.15, -0.1) is 0 Å². The predicted octanol–water partition coefficient (Wildman–Crippen LogP) is 0.511. The van der Waals surface area contributed by atoms with Crippen molar-refractivity contribution in [2.45, 2.75) is 25.9 Å². The zero-order valence-corrected chi connectivity index (χ0v) is 8.28. The molecule has 0 aromatic carbocycles. The van der Waals surface area contributed by atoms with Gasteiger partial charge in [0, 0.05) is 12.6 Å². The fourth-order valence-corrected chi connectivity index (χ4v) is 1.19. The third-order valence-electron chi connectivity index (χ3n) is 1.88. The fraction of sp³-hybridized carbons (Fsp3) is 0.556. The summed E-state index contributed by atoms with van der Waals surface area (Å²) < 4.78 is 5.28. The highest BCUT2D eigenvalue weighted by Gasteiger charge is 2.31. The number of ether oxygens (including phenoxy) is 1. The van der Waals surface area contributed by atoms with Crippen LogP contribution >= 0.6 is 0 Å². The van der Waals surface area contributed by atoms with E-state index < -0.39 is 11.6 Å². The van der Waals surface area contributed by atoms with Crippen LogP contribution < -0.4 is 5.73 Å². The average molecular weight is 198 g/mol. The molecule has 0 saturated carbocycles. The maximum Gasteiger partial charge on any atom is 0.305 e. The maximum absolute atomic E-state index is 10.3. The number of aliphatic imine (C=N–C) groups is 1. The Morgan fingerprint density at radius 2 is 2.36 bits per heavy atom. The summed E-state index contributed by atoms with van der Waals surface area (Å²) in [6.45, 7) is 3.92. The van der Waals surface area contributed by atoms with Gasteiger partial charge in [-0.2, -0.15) is 0 Å². The maximum atomic E-state index is 10.3. The predicted molar refractivity (Wildman–Crippen MR) is 52.0 cm³/mol. The van der Waals surface area contributed by atoms with E-state index in [2.05, 4.69) is 4.99 Å². The van der Waals surface area contributed by atoms with E-state index in [1.165, 1.54) is 0 Å². The summed E-state index contributed by atoms with van der Waals surface area (Å²) in [5, 5.41) is 8.43. The molecule has 0 aliphatic carbocycles. The van der Waals surface area contributed by atoms with E-state index in [9.17, 15) is 4.79 Å². The van der Waals surface area contributed by atoms with E-state index in [0.29, 0.717) is 11.6 Å².